The van der Waals surface area contributed by atoms with Crippen LogP contribution in [0.1, 0.15) is 43.4 Å². The average molecular weight is 479 g/mol. The lowest BCUT2D eigenvalue weighted by atomic mass is 10.1. The molecule has 2 aliphatic heterocycles. The van der Waals surface area contributed by atoms with Crippen molar-refractivity contribution in [3.63, 3.8) is 0 Å². The zero-order valence-corrected chi connectivity index (χ0v) is 20.3. The number of nitrogens with two attached hydrogens (primary N) is 1. The summed E-state index contributed by atoms with van der Waals surface area (Å²) in [6.45, 7) is 5.13. The van der Waals surface area contributed by atoms with E-state index >= 15 is 0 Å². The van der Waals surface area contributed by atoms with Crippen LogP contribution in [0.5, 0.6) is 0 Å². The van der Waals surface area contributed by atoms with Gasteiger partial charge in [-0.2, -0.15) is 0 Å². The molecule has 3 heterocycles. The van der Waals surface area contributed by atoms with Gasteiger partial charge in [0.05, 0.1) is 7.11 Å². The van der Waals surface area contributed by atoms with Crippen LogP contribution in [0.25, 0.3) is 12.2 Å². The Kier molecular flexibility index (Phi) is 8.30. The Morgan fingerprint density at radius 2 is 2.00 bits per heavy atom. The molecule has 0 bridgehead atoms. The van der Waals surface area contributed by atoms with Gasteiger partial charge in [0.2, 0.25) is 0 Å². The molecule has 1 fully saturated rings. The second-order valence-electron chi connectivity index (χ2n) is 7.78. The highest BCUT2D eigenvalue weighted by molar-refractivity contribution is 6.04. The molecule has 2 aliphatic carbocycles. The first-order valence-corrected chi connectivity index (χ1v) is 11.4. The van der Waals surface area contributed by atoms with Gasteiger partial charge in [0.15, 0.2) is 6.04 Å². The predicted molar refractivity (Wildman–Crippen MR) is 133 cm³/mol. The van der Waals surface area contributed by atoms with Crippen molar-refractivity contribution in [2.75, 3.05) is 27.2 Å². The first-order valence-electron chi connectivity index (χ1n) is 11.4. The third-order valence-electron chi connectivity index (χ3n) is 5.48. The van der Waals surface area contributed by atoms with Crippen molar-refractivity contribution in [1.82, 2.24) is 15.5 Å². The Balaban J connectivity index is 0.000000190. The molecule has 4 amide bonds. The van der Waals surface area contributed by atoms with Crippen molar-refractivity contribution >= 4 is 30.0 Å². The zero-order chi connectivity index (χ0) is 25.5. The first kappa shape index (κ1) is 25.6. The molecule has 1 unspecified atom stereocenters. The number of fused-ring (bicyclic) bond motifs is 1. The molecule has 9 nitrogen and oxygen atoms in total. The number of rotatable bonds is 3. The minimum absolute atomic E-state index is 0.0956. The minimum atomic E-state index is -0.786. The number of hydrogen-bond donors (Lipinski definition) is 3. The maximum atomic E-state index is 11.7. The summed E-state index contributed by atoms with van der Waals surface area (Å²) in [6, 6.07) is 0.416. The fourth-order valence-electron chi connectivity index (χ4n) is 3.78. The van der Waals surface area contributed by atoms with Crippen LogP contribution in [0.2, 0.25) is 0 Å². The maximum absolute atomic E-state index is 11.7. The summed E-state index contributed by atoms with van der Waals surface area (Å²) in [6.07, 6.45) is 11.9. The maximum Gasteiger partial charge on any atom is 0.322 e. The SMILES string of the molecule is CC.COC1=CC2=C(CC=C1)CN(C)C2=O.NCC1=Cc2cc(C3NC(=O)NC3=O)oc2C=C=C1. The highest BCUT2D eigenvalue weighted by atomic mass is 16.5. The van der Waals surface area contributed by atoms with Crippen LogP contribution >= 0.6 is 0 Å². The summed E-state index contributed by atoms with van der Waals surface area (Å²) in [7, 11) is 3.44. The van der Waals surface area contributed by atoms with Crippen LogP contribution in [-0.2, 0) is 14.3 Å². The number of nitrogens with zero attached hydrogens (tertiary/aromatic N) is 1. The van der Waals surface area contributed by atoms with Gasteiger partial charge in [0.1, 0.15) is 17.3 Å². The van der Waals surface area contributed by atoms with Gasteiger partial charge in [-0.15, -0.1) is 5.73 Å². The molecule has 1 aromatic rings. The predicted octanol–water partition coefficient (Wildman–Crippen LogP) is 2.96. The Hall–Kier alpha value is -4.07. The average Bonchev–Trinajstić information content (AvgIpc) is 3.37. The summed E-state index contributed by atoms with van der Waals surface area (Å²) in [5.41, 5.74) is 12.2. The number of ether oxygens (including phenoxy) is 1. The molecule has 5 rings (SSSR count). The molecule has 1 aromatic heterocycles. The fourth-order valence-corrected chi connectivity index (χ4v) is 3.78. The fraction of sp³-hybridized carbons (Fsp3) is 0.308. The molecule has 0 spiro atoms. The van der Waals surface area contributed by atoms with E-state index in [4.69, 9.17) is 14.9 Å². The van der Waals surface area contributed by atoms with Crippen molar-refractivity contribution in [3.8, 4) is 0 Å². The lowest BCUT2D eigenvalue weighted by Crippen LogP contribution is -2.22. The normalized spacial score (nSPS) is 19.7. The largest absolute Gasteiger partial charge is 0.497 e. The van der Waals surface area contributed by atoms with Crippen LogP contribution in [0.4, 0.5) is 4.79 Å². The highest BCUT2D eigenvalue weighted by Gasteiger charge is 2.34. The lowest BCUT2D eigenvalue weighted by molar-refractivity contribution is -0.124. The molecule has 0 aromatic carbocycles. The number of carbonyl (C=O) groups excluding carboxylic acids is 3. The number of nitrogens with one attached hydrogen (secondary N) is 2. The number of methoxy groups -OCH3 is 1. The van der Waals surface area contributed by atoms with Gasteiger partial charge in [-0.05, 0) is 47.9 Å². The summed E-state index contributed by atoms with van der Waals surface area (Å²) in [4.78, 5) is 36.1. The van der Waals surface area contributed by atoms with E-state index < -0.39 is 18.0 Å². The standard InChI is InChI=1S/C13H11N3O3.C11H13NO2.C2H6/c14-6-7-2-1-3-9-8(4-7)5-10(19-9)11-12(17)16-13(18)15-11;1-12-7-8-4-3-5-9(14-2)6-10(8)11(12)13;1-2/h2-5,11H,6,14H2,(H2,15,16,17,18);3,5-6H,4,7H2,1-2H3;1-2H3. The number of allylic oxidation sites excluding steroid dienone is 2. The minimum Gasteiger partial charge on any atom is -0.497 e. The summed E-state index contributed by atoms with van der Waals surface area (Å²) in [5, 5.41) is 4.65. The van der Waals surface area contributed by atoms with E-state index in [0.29, 0.717) is 18.1 Å². The molecule has 0 radical (unpaired) electrons. The van der Waals surface area contributed by atoms with Crippen molar-refractivity contribution in [2.24, 2.45) is 5.73 Å². The van der Waals surface area contributed by atoms with Crippen LogP contribution < -0.4 is 16.4 Å². The van der Waals surface area contributed by atoms with Crippen molar-refractivity contribution in [1.29, 1.82) is 0 Å². The van der Waals surface area contributed by atoms with Crippen molar-refractivity contribution in [2.45, 2.75) is 26.3 Å². The monoisotopic (exact) mass is 478 g/mol. The Morgan fingerprint density at radius 3 is 2.66 bits per heavy atom. The number of likely N-dealkylation sites (N-methyl/N-ethyl adjacent to an activating group) is 1. The van der Waals surface area contributed by atoms with Crippen LogP contribution in [-0.4, -0.2) is 50.0 Å². The molecule has 35 heavy (non-hydrogen) atoms. The van der Waals surface area contributed by atoms with Gasteiger partial charge in [0, 0.05) is 37.3 Å². The van der Waals surface area contributed by atoms with Crippen molar-refractivity contribution < 1.29 is 23.5 Å². The van der Waals surface area contributed by atoms with Crippen LogP contribution in [0, 0.1) is 0 Å². The van der Waals surface area contributed by atoms with Gasteiger partial charge >= 0.3 is 6.03 Å². The zero-order valence-electron chi connectivity index (χ0n) is 20.3. The summed E-state index contributed by atoms with van der Waals surface area (Å²) >= 11 is 0. The topological polar surface area (TPSA) is 127 Å². The third-order valence-corrected chi connectivity index (χ3v) is 5.48. The number of amides is 4. The molecule has 9 heteroatoms. The van der Waals surface area contributed by atoms with Crippen LogP contribution in [0.3, 0.4) is 0 Å². The first-order chi connectivity index (χ1) is 16.9. The van der Waals surface area contributed by atoms with E-state index in [2.05, 4.69) is 16.4 Å². The van der Waals surface area contributed by atoms with Gasteiger partial charge < -0.3 is 25.1 Å². The molecular weight excluding hydrogens is 448 g/mol. The molecule has 0 saturated carbocycles. The Bertz CT molecular complexity index is 1210. The number of furan rings is 1. The van der Waals surface area contributed by atoms with Crippen LogP contribution in [0.15, 0.2) is 63.0 Å². The molecule has 4 N–H and O–H groups in total. The number of urea groups is 1. The van der Waals surface area contributed by atoms with E-state index in [1.807, 2.05) is 45.2 Å². The Labute approximate surface area is 204 Å². The second-order valence-corrected chi connectivity index (χ2v) is 7.78. The molecule has 1 atom stereocenters. The lowest BCUT2D eigenvalue weighted by Gasteiger charge is -2.08. The van der Waals surface area contributed by atoms with Gasteiger partial charge in [0.25, 0.3) is 11.8 Å². The highest BCUT2D eigenvalue weighted by Crippen LogP contribution is 2.28. The van der Waals surface area contributed by atoms with Gasteiger partial charge in [-0.1, -0.05) is 19.9 Å². The summed E-state index contributed by atoms with van der Waals surface area (Å²) < 4.78 is 10.7. The molecule has 184 valence electrons. The third kappa shape index (κ3) is 5.71. The van der Waals surface area contributed by atoms with Gasteiger partial charge in [-0.3, -0.25) is 14.9 Å². The van der Waals surface area contributed by atoms with E-state index in [0.717, 1.165) is 35.4 Å². The van der Waals surface area contributed by atoms with E-state index in [9.17, 15) is 14.4 Å². The molecule has 4 aliphatic rings. The van der Waals surface area contributed by atoms with E-state index in [-0.39, 0.29) is 5.91 Å². The number of carbonyl (C=O) groups is 3. The van der Waals surface area contributed by atoms with E-state index in [1.54, 1.807) is 30.2 Å². The quantitative estimate of drug-likeness (QED) is 0.453. The second kappa shape index (κ2) is 11.4. The smallest absolute Gasteiger partial charge is 0.322 e. The van der Waals surface area contributed by atoms with Gasteiger partial charge in [-0.25, -0.2) is 4.79 Å². The number of imide groups is 1. The summed E-state index contributed by atoms with van der Waals surface area (Å²) in [5.74, 6) is 1.40. The molecular formula is C26H30N4O5. The Morgan fingerprint density at radius 1 is 1.23 bits per heavy atom. The van der Waals surface area contributed by atoms with E-state index in [1.165, 1.54) is 5.57 Å². The molecule has 1 saturated heterocycles. The van der Waals surface area contributed by atoms with Crippen molar-refractivity contribution in [3.05, 3.63) is 75.7 Å². The number of hydrogen-bond acceptors (Lipinski definition) is 6.